The van der Waals surface area contributed by atoms with Crippen molar-refractivity contribution < 1.29 is 13.3 Å². The number of hydrogen-bond donors (Lipinski definition) is 0. The van der Waals surface area contributed by atoms with Gasteiger partial charge in [-0.3, -0.25) is 0 Å². The van der Waals surface area contributed by atoms with Crippen molar-refractivity contribution in [2.45, 2.75) is 38.1 Å². The first-order chi connectivity index (χ1) is 8.24. The van der Waals surface area contributed by atoms with E-state index in [1.54, 1.807) is 21.3 Å². The molecule has 0 fully saturated rings. The van der Waals surface area contributed by atoms with E-state index >= 15 is 0 Å². The van der Waals surface area contributed by atoms with Crippen molar-refractivity contribution in [3.05, 3.63) is 24.8 Å². The van der Waals surface area contributed by atoms with Gasteiger partial charge in [-0.2, -0.15) is 0 Å². The van der Waals surface area contributed by atoms with E-state index in [0.717, 1.165) is 38.1 Å². The fraction of sp³-hybridized carbons (Fsp3) is 0.692. The van der Waals surface area contributed by atoms with Crippen LogP contribution in [-0.4, -0.2) is 30.1 Å². The molecule has 0 heterocycles. The number of allylic oxidation sites excluding steroid dienone is 3. The lowest BCUT2D eigenvalue weighted by atomic mass is 10.2. The van der Waals surface area contributed by atoms with Crippen molar-refractivity contribution >= 4 is 8.80 Å². The molecule has 100 valence electrons. The zero-order valence-corrected chi connectivity index (χ0v) is 12.4. The van der Waals surface area contributed by atoms with E-state index in [0.29, 0.717) is 0 Å². The molecule has 4 heteroatoms. The van der Waals surface area contributed by atoms with Crippen LogP contribution in [0, 0.1) is 0 Å². The zero-order chi connectivity index (χ0) is 13.0. The fourth-order valence-corrected chi connectivity index (χ4v) is 3.41. The van der Waals surface area contributed by atoms with Gasteiger partial charge in [-0.1, -0.05) is 18.2 Å². The lowest BCUT2D eigenvalue weighted by Gasteiger charge is -2.24. The van der Waals surface area contributed by atoms with Gasteiger partial charge in [0.1, 0.15) is 0 Å². The Morgan fingerprint density at radius 1 is 0.882 bits per heavy atom. The van der Waals surface area contributed by atoms with Gasteiger partial charge in [0.15, 0.2) is 0 Å². The lowest BCUT2D eigenvalue weighted by Crippen LogP contribution is -2.42. The van der Waals surface area contributed by atoms with Gasteiger partial charge in [0.2, 0.25) is 0 Å². The van der Waals surface area contributed by atoms with Crippen LogP contribution in [0.1, 0.15) is 32.1 Å². The summed E-state index contributed by atoms with van der Waals surface area (Å²) < 4.78 is 16.1. The lowest BCUT2D eigenvalue weighted by molar-refractivity contribution is 0.123. The summed E-state index contributed by atoms with van der Waals surface area (Å²) in [7, 11) is 2.65. The van der Waals surface area contributed by atoms with E-state index in [1.165, 1.54) is 0 Å². The van der Waals surface area contributed by atoms with Gasteiger partial charge < -0.3 is 13.3 Å². The van der Waals surface area contributed by atoms with Crippen molar-refractivity contribution in [1.82, 2.24) is 0 Å². The second-order valence-corrected chi connectivity index (χ2v) is 6.97. The third-order valence-electron chi connectivity index (χ3n) is 2.74. The molecule has 0 amide bonds. The van der Waals surface area contributed by atoms with E-state index < -0.39 is 8.80 Å². The van der Waals surface area contributed by atoms with Crippen LogP contribution in [0.25, 0.3) is 0 Å². The molecule has 0 N–H and O–H groups in total. The predicted octanol–water partition coefficient (Wildman–Crippen LogP) is 3.56. The average molecular weight is 258 g/mol. The smallest absolute Gasteiger partial charge is 0.377 e. The Bertz CT molecular complexity index is 204. The summed E-state index contributed by atoms with van der Waals surface area (Å²) in [6.07, 6.45) is 11.9. The summed E-state index contributed by atoms with van der Waals surface area (Å²) in [5, 5.41) is 0. The molecule has 0 saturated heterocycles. The van der Waals surface area contributed by atoms with Gasteiger partial charge >= 0.3 is 8.80 Å². The number of rotatable bonds is 11. The van der Waals surface area contributed by atoms with Gasteiger partial charge in [0.25, 0.3) is 0 Å². The van der Waals surface area contributed by atoms with Crippen LogP contribution in [0.4, 0.5) is 0 Å². The minimum Gasteiger partial charge on any atom is -0.377 e. The van der Waals surface area contributed by atoms with Crippen LogP contribution >= 0.6 is 0 Å². The van der Waals surface area contributed by atoms with Crippen molar-refractivity contribution in [1.29, 1.82) is 0 Å². The van der Waals surface area contributed by atoms with Crippen LogP contribution in [0.15, 0.2) is 24.8 Å². The second kappa shape index (κ2) is 10.7. The van der Waals surface area contributed by atoms with E-state index in [2.05, 4.69) is 18.7 Å². The molecule has 0 spiro atoms. The molecule has 0 aromatic rings. The number of hydrogen-bond acceptors (Lipinski definition) is 3. The molecule has 0 atom stereocenters. The van der Waals surface area contributed by atoms with Crippen LogP contribution in [0.3, 0.4) is 0 Å². The normalized spacial score (nSPS) is 12.2. The Morgan fingerprint density at radius 2 is 1.47 bits per heavy atom. The molecule has 0 aromatic carbocycles. The highest BCUT2D eigenvalue weighted by Crippen LogP contribution is 2.17. The van der Waals surface area contributed by atoms with E-state index in [4.69, 9.17) is 13.3 Å². The molecule has 0 unspecified atom stereocenters. The largest absolute Gasteiger partial charge is 0.500 e. The van der Waals surface area contributed by atoms with Gasteiger partial charge in [0, 0.05) is 27.4 Å². The minimum absolute atomic E-state index is 0.886. The van der Waals surface area contributed by atoms with E-state index in [1.807, 2.05) is 6.08 Å². The highest BCUT2D eigenvalue weighted by atomic mass is 28.4. The summed E-state index contributed by atoms with van der Waals surface area (Å²) in [6.45, 7) is 3.69. The first-order valence-electron chi connectivity index (χ1n) is 6.16. The standard InChI is InChI=1S/C13H26O3Si/c1-5-6-7-8-9-10-11-12-13-17(14-2,15-3)16-4/h5,8-9H,1,6-7,10-13H2,2-4H3/b9-8-. The molecule has 0 aliphatic heterocycles. The van der Waals surface area contributed by atoms with Gasteiger partial charge in [-0.25, -0.2) is 0 Å². The maximum Gasteiger partial charge on any atom is 0.500 e. The molecule has 0 bridgehead atoms. The Kier molecular flexibility index (Phi) is 10.4. The Balaban J connectivity index is 3.61. The monoisotopic (exact) mass is 258 g/mol. The van der Waals surface area contributed by atoms with Crippen LogP contribution in [0.5, 0.6) is 0 Å². The van der Waals surface area contributed by atoms with E-state index in [9.17, 15) is 0 Å². The summed E-state index contributed by atoms with van der Waals surface area (Å²) in [5.74, 6) is 0. The van der Waals surface area contributed by atoms with Crippen molar-refractivity contribution in [2.24, 2.45) is 0 Å². The van der Waals surface area contributed by atoms with Crippen LogP contribution < -0.4 is 0 Å². The third kappa shape index (κ3) is 7.49. The average Bonchev–Trinajstić information content (AvgIpc) is 2.38. The maximum atomic E-state index is 5.36. The maximum absolute atomic E-state index is 5.36. The molecule has 0 aliphatic carbocycles. The summed E-state index contributed by atoms with van der Waals surface area (Å²) >= 11 is 0. The molecular weight excluding hydrogens is 232 g/mol. The first-order valence-corrected chi connectivity index (χ1v) is 8.09. The second-order valence-electron chi connectivity index (χ2n) is 3.88. The molecule has 0 saturated carbocycles. The van der Waals surface area contributed by atoms with Crippen LogP contribution in [-0.2, 0) is 13.3 Å². The molecule has 17 heavy (non-hydrogen) atoms. The molecule has 0 radical (unpaired) electrons. The highest BCUT2D eigenvalue weighted by Gasteiger charge is 2.36. The van der Waals surface area contributed by atoms with Gasteiger partial charge in [-0.15, -0.1) is 6.58 Å². The fourth-order valence-electron chi connectivity index (χ4n) is 1.61. The quantitative estimate of drug-likeness (QED) is 0.322. The molecule has 3 nitrogen and oxygen atoms in total. The number of unbranched alkanes of at least 4 members (excludes halogenated alkanes) is 3. The topological polar surface area (TPSA) is 27.7 Å². The summed E-state index contributed by atoms with van der Waals surface area (Å²) in [4.78, 5) is 0. The van der Waals surface area contributed by atoms with Crippen molar-refractivity contribution in [2.75, 3.05) is 21.3 Å². The van der Waals surface area contributed by atoms with Crippen molar-refractivity contribution in [3.8, 4) is 0 Å². The zero-order valence-electron chi connectivity index (χ0n) is 11.4. The van der Waals surface area contributed by atoms with Crippen LogP contribution in [0.2, 0.25) is 6.04 Å². The first kappa shape index (κ1) is 16.6. The van der Waals surface area contributed by atoms with Crippen molar-refractivity contribution in [3.63, 3.8) is 0 Å². The summed E-state index contributed by atoms with van der Waals surface area (Å²) in [5.41, 5.74) is 0. The molecular formula is C13H26O3Si. The highest BCUT2D eigenvalue weighted by molar-refractivity contribution is 6.60. The third-order valence-corrected chi connectivity index (χ3v) is 5.57. The van der Waals surface area contributed by atoms with Gasteiger partial charge in [-0.05, 0) is 32.1 Å². The summed E-state index contributed by atoms with van der Waals surface area (Å²) in [6, 6.07) is 0.886. The van der Waals surface area contributed by atoms with E-state index in [-0.39, 0.29) is 0 Å². The van der Waals surface area contributed by atoms with Gasteiger partial charge in [0.05, 0.1) is 0 Å². The Morgan fingerprint density at radius 3 is 2.00 bits per heavy atom. The minimum atomic E-state index is -2.34. The predicted molar refractivity (Wildman–Crippen MR) is 74.0 cm³/mol. The molecule has 0 rings (SSSR count). The molecule has 0 aromatic heterocycles. The Labute approximate surface area is 107 Å². The molecule has 0 aliphatic rings. The SMILES string of the molecule is C=CCC/C=C\CCCC[Si](OC)(OC)OC. The Hall–Kier alpha value is -0.423.